The van der Waals surface area contributed by atoms with Gasteiger partial charge in [-0.15, -0.1) is 0 Å². The number of benzene rings is 3. The Morgan fingerprint density at radius 1 is 0.939 bits per heavy atom. The van der Waals surface area contributed by atoms with Crippen LogP contribution in [0.15, 0.2) is 65.6 Å². The molecule has 1 fully saturated rings. The van der Waals surface area contributed by atoms with Gasteiger partial charge in [-0.1, -0.05) is 11.6 Å². The summed E-state index contributed by atoms with van der Waals surface area (Å²) in [6.45, 7) is 1.59. The van der Waals surface area contributed by atoms with Gasteiger partial charge in [0.25, 0.3) is 15.9 Å². The van der Waals surface area contributed by atoms with E-state index < -0.39 is 27.6 Å². The number of nitrogens with one attached hydrogen (secondary N) is 2. The van der Waals surface area contributed by atoms with Crippen molar-refractivity contribution in [1.29, 1.82) is 0 Å². The van der Waals surface area contributed by atoms with E-state index in [1.807, 2.05) is 4.90 Å². The molecule has 1 aliphatic rings. The van der Waals surface area contributed by atoms with E-state index in [9.17, 15) is 22.0 Å². The molecular weight excluding hydrogens is 472 g/mol. The fourth-order valence-corrected chi connectivity index (χ4v) is 4.86. The lowest BCUT2D eigenvalue weighted by atomic mass is 10.2. The van der Waals surface area contributed by atoms with Crippen molar-refractivity contribution in [3.63, 3.8) is 0 Å². The monoisotopic (exact) mass is 491 g/mol. The average Bonchev–Trinajstić information content (AvgIpc) is 3.30. The van der Waals surface area contributed by atoms with Gasteiger partial charge >= 0.3 is 0 Å². The number of amides is 1. The molecule has 3 aromatic carbocycles. The second kappa shape index (κ2) is 9.36. The van der Waals surface area contributed by atoms with Gasteiger partial charge in [-0.25, -0.2) is 17.2 Å². The van der Waals surface area contributed by atoms with Crippen LogP contribution in [0.25, 0.3) is 0 Å². The number of carbonyl (C=O) groups excluding carboxylic acids is 1. The Bertz CT molecular complexity index is 1290. The SMILES string of the molecule is O=C(Nc1ccc(N2CCCC2)c(F)c1)c1ccc(Cl)c(NS(=O)(=O)c2ccc(F)cc2)c1. The molecule has 172 valence electrons. The van der Waals surface area contributed by atoms with Crippen LogP contribution in [0.1, 0.15) is 23.2 Å². The summed E-state index contributed by atoms with van der Waals surface area (Å²) in [7, 11) is -4.06. The first-order valence-electron chi connectivity index (χ1n) is 10.2. The van der Waals surface area contributed by atoms with E-state index >= 15 is 0 Å². The fourth-order valence-electron chi connectivity index (χ4n) is 3.56. The van der Waals surface area contributed by atoms with Crippen LogP contribution in [-0.2, 0) is 10.0 Å². The third kappa shape index (κ3) is 5.26. The number of carbonyl (C=O) groups is 1. The molecule has 1 aliphatic heterocycles. The van der Waals surface area contributed by atoms with Crippen molar-refractivity contribution >= 4 is 44.6 Å². The highest BCUT2D eigenvalue weighted by Gasteiger charge is 2.19. The highest BCUT2D eigenvalue weighted by atomic mass is 35.5. The van der Waals surface area contributed by atoms with E-state index in [0.717, 1.165) is 50.2 Å². The van der Waals surface area contributed by atoms with Crippen LogP contribution in [-0.4, -0.2) is 27.4 Å². The van der Waals surface area contributed by atoms with Gasteiger partial charge in [-0.05, 0) is 73.5 Å². The van der Waals surface area contributed by atoms with Gasteiger partial charge in [0, 0.05) is 24.3 Å². The van der Waals surface area contributed by atoms with Crippen molar-refractivity contribution in [2.75, 3.05) is 28.0 Å². The molecule has 0 saturated carbocycles. The van der Waals surface area contributed by atoms with Crippen LogP contribution in [0.2, 0.25) is 5.02 Å². The Kier molecular flexibility index (Phi) is 6.53. The molecule has 33 heavy (non-hydrogen) atoms. The van der Waals surface area contributed by atoms with Gasteiger partial charge in [-0.3, -0.25) is 9.52 Å². The van der Waals surface area contributed by atoms with Crippen molar-refractivity contribution in [2.24, 2.45) is 0 Å². The Morgan fingerprint density at radius 2 is 1.64 bits per heavy atom. The molecule has 2 N–H and O–H groups in total. The van der Waals surface area contributed by atoms with E-state index in [1.54, 1.807) is 12.1 Å². The molecule has 6 nitrogen and oxygen atoms in total. The molecule has 1 amide bonds. The molecule has 0 bridgehead atoms. The van der Waals surface area contributed by atoms with E-state index in [2.05, 4.69) is 10.0 Å². The zero-order valence-electron chi connectivity index (χ0n) is 17.3. The molecule has 0 atom stereocenters. The summed E-state index contributed by atoms with van der Waals surface area (Å²) >= 11 is 6.11. The molecule has 0 aromatic heterocycles. The van der Waals surface area contributed by atoms with Crippen LogP contribution >= 0.6 is 11.6 Å². The number of rotatable bonds is 6. The van der Waals surface area contributed by atoms with Gasteiger partial charge in [0.05, 0.1) is 21.3 Å². The van der Waals surface area contributed by atoms with E-state index in [-0.39, 0.29) is 26.9 Å². The van der Waals surface area contributed by atoms with E-state index in [0.29, 0.717) is 5.69 Å². The van der Waals surface area contributed by atoms with Crippen molar-refractivity contribution in [1.82, 2.24) is 0 Å². The van der Waals surface area contributed by atoms with Crippen molar-refractivity contribution in [3.8, 4) is 0 Å². The van der Waals surface area contributed by atoms with Crippen LogP contribution in [0.3, 0.4) is 0 Å². The summed E-state index contributed by atoms with van der Waals surface area (Å²) in [6.07, 6.45) is 2.03. The topological polar surface area (TPSA) is 78.5 Å². The summed E-state index contributed by atoms with van der Waals surface area (Å²) in [5.41, 5.74) is 0.850. The standard InChI is InChI=1S/C23H20ClF2N3O3S/c24-19-9-3-15(13-21(19)28-33(31,32)18-7-4-16(25)5-8-18)23(30)27-17-6-10-22(20(26)14-17)29-11-1-2-12-29/h3-10,13-14,28H,1-2,11-12H2,(H,27,30). The third-order valence-electron chi connectivity index (χ3n) is 5.25. The second-order valence-electron chi connectivity index (χ2n) is 7.57. The predicted octanol–water partition coefficient (Wildman–Crippen LogP) is 5.27. The normalized spacial score (nSPS) is 13.7. The second-order valence-corrected chi connectivity index (χ2v) is 9.66. The van der Waals surface area contributed by atoms with Crippen LogP contribution < -0.4 is 14.9 Å². The Balaban J connectivity index is 1.51. The first-order chi connectivity index (χ1) is 15.7. The highest BCUT2D eigenvalue weighted by Crippen LogP contribution is 2.28. The number of hydrogen-bond acceptors (Lipinski definition) is 4. The van der Waals surface area contributed by atoms with Crippen molar-refractivity contribution in [2.45, 2.75) is 17.7 Å². The minimum absolute atomic E-state index is 0.0239. The Hall–Kier alpha value is -3.17. The minimum Gasteiger partial charge on any atom is -0.369 e. The van der Waals surface area contributed by atoms with Crippen LogP contribution in [0.5, 0.6) is 0 Å². The van der Waals surface area contributed by atoms with E-state index in [1.165, 1.54) is 24.3 Å². The summed E-state index contributed by atoms with van der Waals surface area (Å²) in [6, 6.07) is 12.8. The maximum atomic E-state index is 14.5. The molecule has 0 radical (unpaired) electrons. The fraction of sp³-hybridized carbons (Fsp3) is 0.174. The molecule has 10 heteroatoms. The number of nitrogens with zero attached hydrogens (tertiary/aromatic N) is 1. The van der Waals surface area contributed by atoms with Gasteiger partial charge in [0.15, 0.2) is 0 Å². The van der Waals surface area contributed by atoms with E-state index in [4.69, 9.17) is 11.6 Å². The molecule has 1 heterocycles. The maximum Gasteiger partial charge on any atom is 0.261 e. The molecular formula is C23H20ClF2N3O3S. The van der Waals surface area contributed by atoms with Gasteiger partial charge in [0.1, 0.15) is 11.6 Å². The Morgan fingerprint density at radius 3 is 2.30 bits per heavy atom. The maximum absolute atomic E-state index is 14.5. The zero-order valence-corrected chi connectivity index (χ0v) is 18.9. The van der Waals surface area contributed by atoms with Crippen LogP contribution in [0.4, 0.5) is 25.8 Å². The lowest BCUT2D eigenvalue weighted by Gasteiger charge is -2.19. The number of sulfonamides is 1. The average molecular weight is 492 g/mol. The molecule has 1 saturated heterocycles. The zero-order chi connectivity index (χ0) is 23.6. The smallest absolute Gasteiger partial charge is 0.261 e. The largest absolute Gasteiger partial charge is 0.369 e. The summed E-state index contributed by atoms with van der Waals surface area (Å²) in [5, 5.41) is 2.67. The lowest BCUT2D eigenvalue weighted by molar-refractivity contribution is 0.102. The van der Waals surface area contributed by atoms with Gasteiger partial charge in [0.2, 0.25) is 0 Å². The van der Waals surface area contributed by atoms with Crippen molar-refractivity contribution in [3.05, 3.63) is 82.9 Å². The summed E-state index contributed by atoms with van der Waals surface area (Å²) < 4.78 is 55.1. The summed E-state index contributed by atoms with van der Waals surface area (Å²) in [5.74, 6) is -1.57. The quantitative estimate of drug-likeness (QED) is 0.492. The summed E-state index contributed by atoms with van der Waals surface area (Å²) in [4.78, 5) is 14.5. The molecule has 0 spiro atoms. The van der Waals surface area contributed by atoms with Crippen LogP contribution in [0, 0.1) is 11.6 Å². The van der Waals surface area contributed by atoms with Gasteiger partial charge < -0.3 is 10.2 Å². The van der Waals surface area contributed by atoms with Gasteiger partial charge in [-0.2, -0.15) is 0 Å². The first kappa shape index (κ1) is 23.0. The molecule has 4 rings (SSSR count). The molecule has 0 unspecified atom stereocenters. The predicted molar refractivity (Wildman–Crippen MR) is 124 cm³/mol. The first-order valence-corrected chi connectivity index (χ1v) is 12.0. The number of hydrogen-bond donors (Lipinski definition) is 2. The Labute approximate surface area is 195 Å². The number of anilines is 3. The lowest BCUT2D eigenvalue weighted by Crippen LogP contribution is -2.19. The minimum atomic E-state index is -4.06. The molecule has 0 aliphatic carbocycles. The highest BCUT2D eigenvalue weighted by molar-refractivity contribution is 7.92. The number of halogens is 3. The van der Waals surface area contributed by atoms with Crippen molar-refractivity contribution < 1.29 is 22.0 Å². The molecule has 3 aromatic rings. The third-order valence-corrected chi connectivity index (χ3v) is 6.96.